The third-order valence-corrected chi connectivity index (χ3v) is 4.39. The predicted octanol–water partition coefficient (Wildman–Crippen LogP) is 4.32. The van der Waals surface area contributed by atoms with Gasteiger partial charge in [0.2, 0.25) is 0 Å². The van der Waals surface area contributed by atoms with Gasteiger partial charge in [0.15, 0.2) is 0 Å². The van der Waals surface area contributed by atoms with Gasteiger partial charge >= 0.3 is 0 Å². The fourth-order valence-corrected chi connectivity index (χ4v) is 3.05. The molecule has 0 bridgehead atoms. The van der Waals surface area contributed by atoms with Crippen LogP contribution >= 0.6 is 0 Å². The first-order chi connectivity index (χ1) is 9.07. The summed E-state index contributed by atoms with van der Waals surface area (Å²) in [5, 5.41) is 3.66. The van der Waals surface area contributed by atoms with Crippen LogP contribution in [0, 0.1) is 11.2 Å². The summed E-state index contributed by atoms with van der Waals surface area (Å²) in [6.45, 7) is 5.73. The average molecular weight is 263 g/mol. The van der Waals surface area contributed by atoms with Gasteiger partial charge in [-0.1, -0.05) is 38.3 Å². The fourth-order valence-electron chi connectivity index (χ4n) is 3.05. The van der Waals surface area contributed by atoms with Crippen molar-refractivity contribution < 1.29 is 4.39 Å². The smallest absolute Gasteiger partial charge is 0.123 e. The van der Waals surface area contributed by atoms with Crippen LogP contribution in [0.25, 0.3) is 0 Å². The molecule has 106 valence electrons. The van der Waals surface area contributed by atoms with Gasteiger partial charge in [-0.25, -0.2) is 4.39 Å². The molecule has 1 aliphatic rings. The zero-order chi connectivity index (χ0) is 13.7. The second-order valence-corrected chi connectivity index (χ2v) is 6.48. The van der Waals surface area contributed by atoms with Crippen LogP contribution in [0.3, 0.4) is 0 Å². The summed E-state index contributed by atoms with van der Waals surface area (Å²) in [4.78, 5) is 0. The van der Waals surface area contributed by atoms with E-state index in [9.17, 15) is 4.39 Å². The summed E-state index contributed by atoms with van der Waals surface area (Å²) < 4.78 is 12.8. The van der Waals surface area contributed by atoms with E-state index >= 15 is 0 Å². The Balaban J connectivity index is 1.77. The molecule has 1 nitrogen and oxygen atoms in total. The maximum atomic E-state index is 12.8. The van der Waals surface area contributed by atoms with E-state index in [1.165, 1.54) is 37.7 Å². The molecule has 2 rings (SSSR count). The van der Waals surface area contributed by atoms with Crippen LogP contribution < -0.4 is 5.32 Å². The van der Waals surface area contributed by atoms with Crippen LogP contribution in [0.15, 0.2) is 24.3 Å². The molecule has 1 atom stereocenters. The maximum Gasteiger partial charge on any atom is 0.123 e. The van der Waals surface area contributed by atoms with Gasteiger partial charge in [-0.05, 0) is 49.3 Å². The average Bonchev–Trinajstić information content (AvgIpc) is 2.40. The second-order valence-electron chi connectivity index (χ2n) is 6.48. The minimum Gasteiger partial charge on any atom is -0.313 e. The highest BCUT2D eigenvalue weighted by Gasteiger charge is 2.26. The molecule has 1 saturated carbocycles. The molecule has 19 heavy (non-hydrogen) atoms. The fraction of sp³-hybridized carbons (Fsp3) is 0.647. The summed E-state index contributed by atoms with van der Waals surface area (Å²) in [5.74, 6) is -0.154. The molecule has 0 aliphatic heterocycles. The molecule has 1 N–H and O–H groups in total. The summed E-state index contributed by atoms with van der Waals surface area (Å²) in [5.41, 5.74) is 1.69. The zero-order valence-electron chi connectivity index (χ0n) is 12.2. The van der Waals surface area contributed by atoms with Crippen LogP contribution in [0.2, 0.25) is 0 Å². The minimum atomic E-state index is -0.154. The Labute approximate surface area is 116 Å². The SMILES string of the molecule is CC(Cc1ccc(F)cc1)NCC1(C)CCCCC1. The number of hydrogen-bond acceptors (Lipinski definition) is 1. The van der Waals surface area contributed by atoms with Crippen molar-refractivity contribution in [3.05, 3.63) is 35.6 Å². The summed E-state index contributed by atoms with van der Waals surface area (Å²) in [6.07, 6.45) is 7.83. The van der Waals surface area contributed by atoms with Crippen molar-refractivity contribution in [3.8, 4) is 0 Å². The molecule has 0 heterocycles. The molecule has 2 heteroatoms. The van der Waals surface area contributed by atoms with Crippen molar-refractivity contribution >= 4 is 0 Å². The van der Waals surface area contributed by atoms with Crippen LogP contribution in [-0.2, 0) is 6.42 Å². The van der Waals surface area contributed by atoms with Gasteiger partial charge in [0.25, 0.3) is 0 Å². The maximum absolute atomic E-state index is 12.8. The van der Waals surface area contributed by atoms with Crippen molar-refractivity contribution in [1.29, 1.82) is 0 Å². The lowest BCUT2D eigenvalue weighted by molar-refractivity contribution is 0.201. The first-order valence-electron chi connectivity index (χ1n) is 7.55. The Morgan fingerprint density at radius 3 is 2.42 bits per heavy atom. The molecule has 1 aliphatic carbocycles. The highest BCUT2D eigenvalue weighted by molar-refractivity contribution is 5.17. The third kappa shape index (κ3) is 4.61. The molecule has 1 fully saturated rings. The number of nitrogens with one attached hydrogen (secondary N) is 1. The lowest BCUT2D eigenvalue weighted by atomic mass is 9.75. The van der Waals surface area contributed by atoms with E-state index in [2.05, 4.69) is 19.2 Å². The molecular formula is C17H26FN. The van der Waals surface area contributed by atoms with Crippen molar-refractivity contribution in [2.24, 2.45) is 5.41 Å². The summed E-state index contributed by atoms with van der Waals surface area (Å²) in [6, 6.07) is 7.31. The van der Waals surface area contributed by atoms with Gasteiger partial charge in [0.05, 0.1) is 0 Å². The molecule has 0 radical (unpaired) electrons. The predicted molar refractivity (Wildman–Crippen MR) is 78.8 cm³/mol. The van der Waals surface area contributed by atoms with Crippen molar-refractivity contribution in [2.45, 2.75) is 58.4 Å². The number of hydrogen-bond donors (Lipinski definition) is 1. The van der Waals surface area contributed by atoms with Crippen LogP contribution in [0.1, 0.15) is 51.5 Å². The molecule has 0 amide bonds. The van der Waals surface area contributed by atoms with E-state index in [0.717, 1.165) is 13.0 Å². The Morgan fingerprint density at radius 1 is 1.16 bits per heavy atom. The standard InChI is InChI=1S/C17H26FN/c1-14(12-15-6-8-16(18)9-7-15)19-13-17(2)10-4-3-5-11-17/h6-9,14,19H,3-5,10-13H2,1-2H3. The second kappa shape index (κ2) is 6.51. The Bertz CT molecular complexity index is 379. The molecule has 0 aromatic heterocycles. The number of rotatable bonds is 5. The Morgan fingerprint density at radius 2 is 1.79 bits per heavy atom. The monoisotopic (exact) mass is 263 g/mol. The van der Waals surface area contributed by atoms with Crippen LogP contribution in [0.4, 0.5) is 4.39 Å². The van der Waals surface area contributed by atoms with E-state index in [4.69, 9.17) is 0 Å². The Kier molecular flexibility index (Phi) is 4.98. The number of benzene rings is 1. The summed E-state index contributed by atoms with van der Waals surface area (Å²) >= 11 is 0. The minimum absolute atomic E-state index is 0.154. The van der Waals surface area contributed by atoms with Crippen molar-refractivity contribution in [1.82, 2.24) is 5.32 Å². The number of halogens is 1. The molecule has 0 spiro atoms. The van der Waals surface area contributed by atoms with Crippen molar-refractivity contribution in [3.63, 3.8) is 0 Å². The topological polar surface area (TPSA) is 12.0 Å². The first-order valence-corrected chi connectivity index (χ1v) is 7.55. The van der Waals surface area contributed by atoms with E-state index in [0.29, 0.717) is 11.5 Å². The van der Waals surface area contributed by atoms with Gasteiger partial charge < -0.3 is 5.32 Å². The largest absolute Gasteiger partial charge is 0.313 e. The first kappa shape index (κ1) is 14.5. The van der Waals surface area contributed by atoms with E-state index in [-0.39, 0.29) is 5.82 Å². The molecular weight excluding hydrogens is 237 g/mol. The third-order valence-electron chi connectivity index (χ3n) is 4.39. The molecule has 0 saturated heterocycles. The molecule has 1 unspecified atom stereocenters. The molecule has 1 aromatic rings. The van der Waals surface area contributed by atoms with E-state index < -0.39 is 0 Å². The summed E-state index contributed by atoms with van der Waals surface area (Å²) in [7, 11) is 0. The molecule has 1 aromatic carbocycles. The van der Waals surface area contributed by atoms with Gasteiger partial charge in [-0.2, -0.15) is 0 Å². The van der Waals surface area contributed by atoms with Gasteiger partial charge in [-0.15, -0.1) is 0 Å². The van der Waals surface area contributed by atoms with Gasteiger partial charge in [-0.3, -0.25) is 0 Å². The van der Waals surface area contributed by atoms with Gasteiger partial charge in [0, 0.05) is 12.6 Å². The Hall–Kier alpha value is -0.890. The lowest BCUT2D eigenvalue weighted by Gasteiger charge is -2.35. The van der Waals surface area contributed by atoms with E-state index in [1.54, 1.807) is 12.1 Å². The lowest BCUT2D eigenvalue weighted by Crippen LogP contribution is -2.39. The van der Waals surface area contributed by atoms with Crippen LogP contribution in [0.5, 0.6) is 0 Å². The quantitative estimate of drug-likeness (QED) is 0.834. The van der Waals surface area contributed by atoms with Crippen LogP contribution in [-0.4, -0.2) is 12.6 Å². The van der Waals surface area contributed by atoms with Crippen molar-refractivity contribution in [2.75, 3.05) is 6.54 Å². The highest BCUT2D eigenvalue weighted by atomic mass is 19.1. The zero-order valence-corrected chi connectivity index (χ0v) is 12.2. The van der Waals surface area contributed by atoms with Gasteiger partial charge in [0.1, 0.15) is 5.82 Å². The normalized spacial score (nSPS) is 20.2. The van der Waals surface area contributed by atoms with E-state index in [1.807, 2.05) is 12.1 Å². The highest BCUT2D eigenvalue weighted by Crippen LogP contribution is 2.35.